The molecular formula is C18H25FN4O. The fourth-order valence-corrected chi connectivity index (χ4v) is 2.24. The van der Waals surface area contributed by atoms with Gasteiger partial charge in [-0.25, -0.2) is 4.39 Å². The average Bonchev–Trinajstić information content (AvgIpc) is 3.11. The summed E-state index contributed by atoms with van der Waals surface area (Å²) in [6.07, 6.45) is 4.67. The highest BCUT2D eigenvalue weighted by atomic mass is 19.1. The Morgan fingerprint density at radius 2 is 1.96 bits per heavy atom. The summed E-state index contributed by atoms with van der Waals surface area (Å²) in [5, 5.41) is 6.47. The van der Waals surface area contributed by atoms with E-state index in [1.165, 1.54) is 6.07 Å². The maximum atomic E-state index is 13.7. The molecule has 1 aromatic heterocycles. The third-order valence-corrected chi connectivity index (χ3v) is 3.64. The Balaban J connectivity index is 1.76. The molecule has 0 aliphatic heterocycles. The first-order valence-corrected chi connectivity index (χ1v) is 8.19. The Hall–Kier alpha value is -2.50. The Morgan fingerprint density at radius 3 is 2.62 bits per heavy atom. The molecule has 5 nitrogen and oxygen atoms in total. The maximum absolute atomic E-state index is 13.7. The topological polar surface area (TPSA) is 50.6 Å². The number of ether oxygens (including phenoxy) is 1. The highest BCUT2D eigenvalue weighted by Gasteiger charge is 2.11. The lowest BCUT2D eigenvalue weighted by Crippen LogP contribution is -2.43. The molecule has 1 aromatic carbocycles. The van der Waals surface area contributed by atoms with Crippen LogP contribution in [0.3, 0.4) is 0 Å². The van der Waals surface area contributed by atoms with Crippen molar-refractivity contribution in [3.05, 3.63) is 54.6 Å². The van der Waals surface area contributed by atoms with E-state index in [1.54, 1.807) is 25.2 Å². The fraction of sp³-hybridized carbons (Fsp3) is 0.389. The number of aliphatic imine (C=N–C) groups is 1. The van der Waals surface area contributed by atoms with Gasteiger partial charge >= 0.3 is 0 Å². The monoisotopic (exact) mass is 332 g/mol. The molecular weight excluding hydrogens is 307 g/mol. The van der Waals surface area contributed by atoms with Crippen LogP contribution in [0.4, 0.5) is 4.39 Å². The number of rotatable bonds is 8. The molecule has 0 bridgehead atoms. The first-order chi connectivity index (χ1) is 11.7. The van der Waals surface area contributed by atoms with E-state index in [1.807, 2.05) is 31.5 Å². The number of halogens is 1. The van der Waals surface area contributed by atoms with Crippen LogP contribution in [0.15, 0.2) is 53.8 Å². The molecule has 6 heteroatoms. The molecule has 2 N–H and O–H groups in total. The summed E-state index contributed by atoms with van der Waals surface area (Å²) in [5.41, 5.74) is 0. The standard InChI is InChI=1S/C18H25FN4O/c1-3-15(24-17-9-5-4-8-16(17)19)14-22-18(20-2)21-10-13-23-11-6-7-12-23/h4-9,11-12,15H,3,10,13-14H2,1-2H3,(H2,20,21,22). The summed E-state index contributed by atoms with van der Waals surface area (Å²) in [6.45, 7) is 4.18. The van der Waals surface area contributed by atoms with Crippen LogP contribution in [0.2, 0.25) is 0 Å². The van der Waals surface area contributed by atoms with Crippen LogP contribution in [0.1, 0.15) is 13.3 Å². The number of nitrogens with zero attached hydrogens (tertiary/aromatic N) is 2. The summed E-state index contributed by atoms with van der Waals surface area (Å²) in [4.78, 5) is 4.19. The number of hydrogen-bond donors (Lipinski definition) is 2. The predicted molar refractivity (Wildman–Crippen MR) is 94.9 cm³/mol. The molecule has 2 aromatic rings. The van der Waals surface area contributed by atoms with Crippen LogP contribution in [0, 0.1) is 5.82 Å². The zero-order valence-corrected chi connectivity index (χ0v) is 14.2. The Morgan fingerprint density at radius 1 is 1.21 bits per heavy atom. The van der Waals surface area contributed by atoms with Gasteiger partial charge in [0.2, 0.25) is 0 Å². The van der Waals surface area contributed by atoms with Crippen LogP contribution < -0.4 is 15.4 Å². The van der Waals surface area contributed by atoms with Gasteiger partial charge in [-0.05, 0) is 30.7 Å². The second-order valence-electron chi connectivity index (χ2n) is 5.38. The van der Waals surface area contributed by atoms with E-state index >= 15 is 0 Å². The lowest BCUT2D eigenvalue weighted by atomic mass is 10.2. The normalized spacial score (nSPS) is 12.7. The van der Waals surface area contributed by atoms with Crippen molar-refractivity contribution in [1.29, 1.82) is 0 Å². The van der Waals surface area contributed by atoms with Crippen molar-refractivity contribution in [3.63, 3.8) is 0 Å². The SMILES string of the molecule is CCC(CNC(=NC)NCCn1cccc1)Oc1ccccc1F. The lowest BCUT2D eigenvalue weighted by Gasteiger charge is -2.20. The summed E-state index contributed by atoms with van der Waals surface area (Å²) < 4.78 is 21.5. The number of guanidine groups is 1. The summed E-state index contributed by atoms with van der Waals surface area (Å²) in [5.74, 6) is 0.643. The van der Waals surface area contributed by atoms with Gasteiger partial charge in [0, 0.05) is 32.5 Å². The number of para-hydroxylation sites is 1. The Labute approximate surface area is 142 Å². The predicted octanol–water partition coefficient (Wildman–Crippen LogP) is 2.65. The lowest BCUT2D eigenvalue weighted by molar-refractivity contribution is 0.191. The minimum Gasteiger partial charge on any atom is -0.486 e. The molecule has 1 unspecified atom stereocenters. The Bertz CT molecular complexity index is 628. The molecule has 0 saturated heterocycles. The summed E-state index contributed by atoms with van der Waals surface area (Å²) in [7, 11) is 1.73. The number of hydrogen-bond acceptors (Lipinski definition) is 2. The number of nitrogens with one attached hydrogen (secondary N) is 2. The van der Waals surface area contributed by atoms with Crippen molar-refractivity contribution < 1.29 is 9.13 Å². The largest absolute Gasteiger partial charge is 0.486 e. The van der Waals surface area contributed by atoms with E-state index in [4.69, 9.17) is 4.74 Å². The van der Waals surface area contributed by atoms with E-state index in [0.717, 1.165) is 19.5 Å². The van der Waals surface area contributed by atoms with Crippen molar-refractivity contribution in [2.24, 2.45) is 4.99 Å². The van der Waals surface area contributed by atoms with Crippen LogP contribution >= 0.6 is 0 Å². The van der Waals surface area contributed by atoms with Gasteiger partial charge in [-0.15, -0.1) is 0 Å². The van der Waals surface area contributed by atoms with E-state index < -0.39 is 0 Å². The van der Waals surface area contributed by atoms with Gasteiger partial charge in [0.1, 0.15) is 6.10 Å². The van der Waals surface area contributed by atoms with Crippen LogP contribution in [0.25, 0.3) is 0 Å². The minimum atomic E-state index is -0.342. The molecule has 0 saturated carbocycles. The van der Waals surface area contributed by atoms with Gasteiger partial charge in [-0.2, -0.15) is 0 Å². The molecule has 1 atom stereocenters. The van der Waals surface area contributed by atoms with Gasteiger partial charge in [-0.3, -0.25) is 4.99 Å². The molecule has 2 rings (SSSR count). The average molecular weight is 332 g/mol. The van der Waals surface area contributed by atoms with Crippen LogP contribution in [-0.4, -0.2) is 36.8 Å². The minimum absolute atomic E-state index is 0.134. The van der Waals surface area contributed by atoms with E-state index in [-0.39, 0.29) is 17.7 Å². The van der Waals surface area contributed by atoms with E-state index in [2.05, 4.69) is 20.2 Å². The van der Waals surface area contributed by atoms with Crippen LogP contribution in [-0.2, 0) is 6.54 Å². The quantitative estimate of drug-likeness (QED) is 0.577. The number of benzene rings is 1. The van der Waals surface area contributed by atoms with Crippen molar-refractivity contribution in [1.82, 2.24) is 15.2 Å². The highest BCUT2D eigenvalue weighted by Crippen LogP contribution is 2.17. The molecule has 0 spiro atoms. The zero-order valence-electron chi connectivity index (χ0n) is 14.2. The Kier molecular flexibility index (Phi) is 7.14. The maximum Gasteiger partial charge on any atom is 0.191 e. The van der Waals surface area contributed by atoms with Gasteiger partial charge in [0.15, 0.2) is 17.5 Å². The first-order valence-electron chi connectivity index (χ1n) is 8.19. The van der Waals surface area contributed by atoms with Gasteiger partial charge < -0.3 is 19.9 Å². The van der Waals surface area contributed by atoms with Gasteiger partial charge in [-0.1, -0.05) is 19.1 Å². The zero-order chi connectivity index (χ0) is 17.2. The van der Waals surface area contributed by atoms with Crippen molar-refractivity contribution in [2.75, 3.05) is 20.1 Å². The first kappa shape index (κ1) is 17.8. The van der Waals surface area contributed by atoms with Gasteiger partial charge in [0.05, 0.1) is 6.54 Å². The smallest absolute Gasteiger partial charge is 0.191 e. The molecule has 0 radical (unpaired) electrons. The highest BCUT2D eigenvalue weighted by molar-refractivity contribution is 5.79. The summed E-state index contributed by atoms with van der Waals surface area (Å²) >= 11 is 0. The third-order valence-electron chi connectivity index (χ3n) is 3.64. The second kappa shape index (κ2) is 9.60. The summed E-state index contributed by atoms with van der Waals surface area (Å²) in [6, 6.07) is 10.5. The molecule has 0 aliphatic carbocycles. The molecule has 130 valence electrons. The third kappa shape index (κ3) is 5.61. The fourth-order valence-electron chi connectivity index (χ4n) is 2.24. The van der Waals surface area contributed by atoms with Crippen molar-refractivity contribution >= 4 is 5.96 Å². The van der Waals surface area contributed by atoms with Crippen molar-refractivity contribution in [3.8, 4) is 5.75 Å². The van der Waals surface area contributed by atoms with E-state index in [9.17, 15) is 4.39 Å². The van der Waals surface area contributed by atoms with E-state index in [0.29, 0.717) is 12.5 Å². The second-order valence-corrected chi connectivity index (χ2v) is 5.38. The number of aromatic nitrogens is 1. The van der Waals surface area contributed by atoms with Crippen LogP contribution in [0.5, 0.6) is 5.75 Å². The molecule has 24 heavy (non-hydrogen) atoms. The molecule has 0 amide bonds. The molecule has 0 fully saturated rings. The molecule has 0 aliphatic rings. The van der Waals surface area contributed by atoms with Gasteiger partial charge in [0.25, 0.3) is 0 Å². The molecule has 1 heterocycles. The van der Waals surface area contributed by atoms with Crippen molar-refractivity contribution in [2.45, 2.75) is 26.0 Å².